The number of fused-ring (bicyclic) bond motifs is 1. The third-order valence-corrected chi connectivity index (χ3v) is 3.77. The lowest BCUT2D eigenvalue weighted by Crippen LogP contribution is -2.08. The Morgan fingerprint density at radius 2 is 2.05 bits per heavy atom. The van der Waals surface area contributed by atoms with Crippen LogP contribution in [0, 0.1) is 0 Å². The Morgan fingerprint density at radius 3 is 2.68 bits per heavy atom. The Balaban J connectivity index is 2.43. The Labute approximate surface area is 130 Å². The average molecular weight is 302 g/mol. The molecular formula is C17H22N2O3. The van der Waals surface area contributed by atoms with E-state index in [2.05, 4.69) is 11.9 Å². The normalized spacial score (nSPS) is 11.0. The number of nitrogens with zero attached hydrogens (tertiary/aromatic N) is 2. The molecule has 0 aliphatic carbocycles. The highest BCUT2D eigenvalue weighted by Crippen LogP contribution is 2.20. The van der Waals surface area contributed by atoms with Gasteiger partial charge < -0.3 is 9.67 Å². The molecule has 22 heavy (non-hydrogen) atoms. The number of unbranched alkanes of at least 4 members (excludes halogenated alkanes) is 1. The average Bonchev–Trinajstić information content (AvgIpc) is 2.86. The van der Waals surface area contributed by atoms with Crippen molar-refractivity contribution in [1.29, 1.82) is 0 Å². The molecule has 1 heterocycles. The number of aryl methyl sites for hydroxylation is 2. The van der Waals surface area contributed by atoms with Gasteiger partial charge in [0.1, 0.15) is 5.82 Å². The van der Waals surface area contributed by atoms with Crippen molar-refractivity contribution in [1.82, 2.24) is 9.55 Å². The Hall–Kier alpha value is -2.17. The number of aliphatic carboxylic acids is 1. The first-order valence-electron chi connectivity index (χ1n) is 7.81. The van der Waals surface area contributed by atoms with Gasteiger partial charge in [0.2, 0.25) is 0 Å². The van der Waals surface area contributed by atoms with Crippen molar-refractivity contribution in [3.8, 4) is 0 Å². The highest BCUT2D eigenvalue weighted by Gasteiger charge is 2.13. The molecule has 1 N–H and O–H groups in total. The number of aromatic nitrogens is 2. The molecule has 0 fully saturated rings. The van der Waals surface area contributed by atoms with Crippen LogP contribution in [0.4, 0.5) is 0 Å². The molecule has 2 aromatic rings. The molecule has 1 aromatic carbocycles. The number of benzene rings is 1. The minimum Gasteiger partial charge on any atom is -0.481 e. The number of Topliss-reactive ketones (excluding diaryl/α,β-unsaturated/α-hetero) is 1. The molecule has 5 heteroatoms. The van der Waals surface area contributed by atoms with Gasteiger partial charge in [-0.05, 0) is 24.6 Å². The first-order valence-corrected chi connectivity index (χ1v) is 7.81. The van der Waals surface area contributed by atoms with E-state index < -0.39 is 5.97 Å². The second-order valence-corrected chi connectivity index (χ2v) is 5.41. The number of imidazole rings is 1. The van der Waals surface area contributed by atoms with E-state index in [1.54, 1.807) is 6.07 Å². The maximum Gasteiger partial charge on any atom is 0.305 e. The number of carbonyl (C=O) groups excluding carboxylic acids is 1. The van der Waals surface area contributed by atoms with Crippen LogP contribution in [0.3, 0.4) is 0 Å². The fourth-order valence-corrected chi connectivity index (χ4v) is 2.54. The van der Waals surface area contributed by atoms with E-state index in [9.17, 15) is 9.59 Å². The number of hydrogen-bond donors (Lipinski definition) is 1. The van der Waals surface area contributed by atoms with Crippen LogP contribution in [0.1, 0.15) is 55.7 Å². The second kappa shape index (κ2) is 7.20. The number of carboxylic acids is 1. The van der Waals surface area contributed by atoms with Gasteiger partial charge in [0.05, 0.1) is 17.5 Å². The van der Waals surface area contributed by atoms with Crippen molar-refractivity contribution in [2.75, 3.05) is 0 Å². The standard InChI is InChI=1S/C17H22N2O3/c1-3-5-6-16-18-13-11-12(15(20)4-2)7-8-14(13)19(16)10-9-17(21)22/h7-8,11H,3-6,9-10H2,1-2H3,(H,21,22). The van der Waals surface area contributed by atoms with Crippen LogP contribution in [0.2, 0.25) is 0 Å². The van der Waals surface area contributed by atoms with Gasteiger partial charge in [-0.25, -0.2) is 4.98 Å². The summed E-state index contributed by atoms with van der Waals surface area (Å²) in [6.07, 6.45) is 3.43. The summed E-state index contributed by atoms with van der Waals surface area (Å²) < 4.78 is 1.97. The molecule has 2 rings (SSSR count). The van der Waals surface area contributed by atoms with Crippen LogP contribution in [-0.4, -0.2) is 26.4 Å². The summed E-state index contributed by atoms with van der Waals surface area (Å²) in [6, 6.07) is 5.49. The molecule has 0 aliphatic rings. The van der Waals surface area contributed by atoms with E-state index in [4.69, 9.17) is 5.11 Å². The van der Waals surface area contributed by atoms with Crippen molar-refractivity contribution < 1.29 is 14.7 Å². The molecule has 0 aliphatic heterocycles. The van der Waals surface area contributed by atoms with E-state index in [1.165, 1.54) is 0 Å². The smallest absolute Gasteiger partial charge is 0.305 e. The Morgan fingerprint density at radius 1 is 1.27 bits per heavy atom. The van der Waals surface area contributed by atoms with E-state index in [0.29, 0.717) is 18.5 Å². The lowest BCUT2D eigenvalue weighted by molar-refractivity contribution is -0.137. The lowest BCUT2D eigenvalue weighted by Gasteiger charge is -2.07. The maximum atomic E-state index is 11.8. The summed E-state index contributed by atoms with van der Waals surface area (Å²) in [5.41, 5.74) is 2.34. The van der Waals surface area contributed by atoms with Crippen molar-refractivity contribution in [3.63, 3.8) is 0 Å². The summed E-state index contributed by atoms with van der Waals surface area (Å²) in [5, 5.41) is 8.92. The van der Waals surface area contributed by atoms with E-state index >= 15 is 0 Å². The zero-order chi connectivity index (χ0) is 16.1. The number of carbonyl (C=O) groups is 2. The van der Waals surface area contributed by atoms with Gasteiger partial charge in [0.25, 0.3) is 0 Å². The Bertz CT molecular complexity index is 689. The van der Waals surface area contributed by atoms with E-state index in [1.807, 2.05) is 23.6 Å². The van der Waals surface area contributed by atoms with Crippen LogP contribution in [-0.2, 0) is 17.8 Å². The number of ketones is 1. The fourth-order valence-electron chi connectivity index (χ4n) is 2.54. The van der Waals surface area contributed by atoms with Crippen molar-refractivity contribution in [2.24, 2.45) is 0 Å². The first kappa shape index (κ1) is 16.2. The van der Waals surface area contributed by atoms with Crippen LogP contribution in [0.5, 0.6) is 0 Å². The van der Waals surface area contributed by atoms with E-state index in [-0.39, 0.29) is 12.2 Å². The van der Waals surface area contributed by atoms with Gasteiger partial charge >= 0.3 is 5.97 Å². The second-order valence-electron chi connectivity index (χ2n) is 5.41. The van der Waals surface area contributed by atoms with Crippen molar-refractivity contribution in [3.05, 3.63) is 29.6 Å². The molecule has 0 saturated carbocycles. The predicted octanol–water partition coefficient (Wildman–Crippen LogP) is 3.45. The minimum absolute atomic E-state index is 0.0697. The zero-order valence-corrected chi connectivity index (χ0v) is 13.1. The summed E-state index contributed by atoms with van der Waals surface area (Å²) in [7, 11) is 0. The summed E-state index contributed by atoms with van der Waals surface area (Å²) in [4.78, 5) is 27.3. The topological polar surface area (TPSA) is 72.2 Å². The molecule has 0 radical (unpaired) electrons. The van der Waals surface area contributed by atoms with Crippen molar-refractivity contribution >= 4 is 22.8 Å². The monoisotopic (exact) mass is 302 g/mol. The highest BCUT2D eigenvalue weighted by atomic mass is 16.4. The summed E-state index contributed by atoms with van der Waals surface area (Å²) >= 11 is 0. The van der Waals surface area contributed by atoms with E-state index in [0.717, 1.165) is 36.1 Å². The molecule has 0 atom stereocenters. The van der Waals surface area contributed by atoms with Crippen LogP contribution in [0.15, 0.2) is 18.2 Å². The Kier molecular flexibility index (Phi) is 5.31. The third-order valence-electron chi connectivity index (χ3n) is 3.77. The number of carboxylic acid groups (broad SMARTS) is 1. The SMILES string of the molecule is CCCCc1nc2cc(C(=O)CC)ccc2n1CCC(=O)O. The third kappa shape index (κ3) is 3.53. The van der Waals surface area contributed by atoms with Crippen LogP contribution < -0.4 is 0 Å². The number of hydrogen-bond acceptors (Lipinski definition) is 3. The largest absolute Gasteiger partial charge is 0.481 e. The zero-order valence-electron chi connectivity index (χ0n) is 13.1. The fraction of sp³-hybridized carbons (Fsp3) is 0.471. The molecule has 118 valence electrons. The molecular weight excluding hydrogens is 280 g/mol. The quantitative estimate of drug-likeness (QED) is 0.758. The summed E-state index contributed by atoms with van der Waals surface area (Å²) in [6.45, 7) is 4.36. The number of rotatable bonds is 8. The molecule has 0 amide bonds. The first-order chi connectivity index (χ1) is 10.6. The van der Waals surface area contributed by atoms with Gasteiger partial charge in [-0.3, -0.25) is 9.59 Å². The van der Waals surface area contributed by atoms with Crippen LogP contribution in [0.25, 0.3) is 11.0 Å². The van der Waals surface area contributed by atoms with Gasteiger partial charge in [-0.1, -0.05) is 20.3 Å². The van der Waals surface area contributed by atoms with Crippen LogP contribution >= 0.6 is 0 Å². The summed E-state index contributed by atoms with van der Waals surface area (Å²) in [5.74, 6) is 0.178. The molecule has 0 unspecified atom stereocenters. The lowest BCUT2D eigenvalue weighted by atomic mass is 10.1. The maximum absolute atomic E-state index is 11.8. The van der Waals surface area contributed by atoms with Gasteiger partial charge in [0.15, 0.2) is 5.78 Å². The van der Waals surface area contributed by atoms with Gasteiger partial charge in [-0.2, -0.15) is 0 Å². The molecule has 0 bridgehead atoms. The predicted molar refractivity (Wildman–Crippen MR) is 85.2 cm³/mol. The molecule has 5 nitrogen and oxygen atoms in total. The molecule has 0 saturated heterocycles. The highest BCUT2D eigenvalue weighted by molar-refractivity contribution is 5.98. The van der Waals surface area contributed by atoms with Crippen molar-refractivity contribution in [2.45, 2.75) is 52.5 Å². The molecule has 0 spiro atoms. The molecule has 1 aromatic heterocycles. The van der Waals surface area contributed by atoms with Gasteiger partial charge in [-0.15, -0.1) is 0 Å². The minimum atomic E-state index is -0.818. The van der Waals surface area contributed by atoms with Gasteiger partial charge in [0, 0.05) is 24.9 Å².